The molecule has 212 valence electrons. The summed E-state index contributed by atoms with van der Waals surface area (Å²) in [6.45, 7) is 11.3. The van der Waals surface area contributed by atoms with Crippen molar-refractivity contribution in [2.45, 2.75) is 89.1 Å². The Balaban J connectivity index is 1.46. The Bertz CT molecular complexity index is 945. The van der Waals surface area contributed by atoms with Gasteiger partial charge in [-0.3, -0.25) is 4.84 Å². The fraction of sp³-hybridized carbons (Fsp3) is 0.692. The van der Waals surface area contributed by atoms with Gasteiger partial charge in [0.05, 0.1) is 20.8 Å². The molecule has 12 heteroatoms. The molecule has 3 aliphatic heterocycles. The highest BCUT2D eigenvalue weighted by Gasteiger charge is 2.62. The van der Waals surface area contributed by atoms with Crippen LogP contribution in [0.4, 0.5) is 9.59 Å². The van der Waals surface area contributed by atoms with Crippen LogP contribution in [0.25, 0.3) is 0 Å². The van der Waals surface area contributed by atoms with Crippen molar-refractivity contribution in [3.8, 4) is 5.75 Å². The summed E-state index contributed by atoms with van der Waals surface area (Å²) in [4.78, 5) is 30.1. The number of hydroxylamine groups is 2. The third-order valence-electron chi connectivity index (χ3n) is 6.60. The summed E-state index contributed by atoms with van der Waals surface area (Å²) in [5.74, 6) is -0.461. The Morgan fingerprint density at radius 1 is 0.947 bits per heavy atom. The summed E-state index contributed by atoms with van der Waals surface area (Å²) in [5, 5.41) is 1.95. The maximum Gasteiger partial charge on any atom is 0.510 e. The summed E-state index contributed by atoms with van der Waals surface area (Å²) >= 11 is 0. The molecule has 4 rings (SSSR count). The van der Waals surface area contributed by atoms with E-state index >= 15 is 0 Å². The van der Waals surface area contributed by atoms with Crippen LogP contribution in [0.3, 0.4) is 0 Å². The molecule has 0 aromatic heterocycles. The molecule has 0 aliphatic carbocycles. The monoisotopic (exact) mass is 539 g/mol. The Labute approximate surface area is 222 Å². The molecule has 0 bridgehead atoms. The smallest absolute Gasteiger partial charge is 0.491 e. The van der Waals surface area contributed by atoms with Gasteiger partial charge in [0.15, 0.2) is 5.79 Å². The quantitative estimate of drug-likeness (QED) is 0.349. The fourth-order valence-electron chi connectivity index (χ4n) is 5.21. The summed E-state index contributed by atoms with van der Waals surface area (Å²) in [6.07, 6.45) is -4.12. The number of carbonyl (C=O) groups is 2. The first-order valence-electron chi connectivity index (χ1n) is 12.5. The van der Waals surface area contributed by atoms with Gasteiger partial charge in [-0.05, 0) is 52.3 Å². The molecule has 0 saturated carbocycles. The summed E-state index contributed by atoms with van der Waals surface area (Å²) < 4.78 is 42.6. The van der Waals surface area contributed by atoms with E-state index in [4.69, 9.17) is 33.3 Å². The highest BCUT2D eigenvalue weighted by Crippen LogP contribution is 2.51. The normalized spacial score (nSPS) is 27.8. The fourth-order valence-corrected chi connectivity index (χ4v) is 5.21. The maximum absolute atomic E-state index is 11.8. The van der Waals surface area contributed by atoms with Gasteiger partial charge in [0.2, 0.25) is 0 Å². The third-order valence-corrected chi connectivity index (χ3v) is 6.60. The molecule has 1 spiro atoms. The highest BCUT2D eigenvalue weighted by molar-refractivity contribution is 5.61. The Kier molecular flexibility index (Phi) is 8.10. The predicted octanol–water partition coefficient (Wildman–Crippen LogP) is 4.07. The van der Waals surface area contributed by atoms with Crippen LogP contribution in [0.1, 0.15) is 59.1 Å². The van der Waals surface area contributed by atoms with Crippen LogP contribution in [0.2, 0.25) is 0 Å². The molecule has 1 aromatic rings. The van der Waals surface area contributed by atoms with Crippen LogP contribution in [0.15, 0.2) is 24.3 Å². The van der Waals surface area contributed by atoms with Crippen molar-refractivity contribution in [1.29, 1.82) is 0 Å². The zero-order chi connectivity index (χ0) is 27.7. The second-order valence-electron chi connectivity index (χ2n) is 10.9. The first kappa shape index (κ1) is 28.4. The lowest BCUT2D eigenvalue weighted by molar-refractivity contribution is -0.358. The van der Waals surface area contributed by atoms with Gasteiger partial charge >= 0.3 is 12.3 Å². The van der Waals surface area contributed by atoms with Gasteiger partial charge in [0, 0.05) is 23.9 Å². The van der Waals surface area contributed by atoms with Gasteiger partial charge in [-0.2, -0.15) is 5.06 Å². The summed E-state index contributed by atoms with van der Waals surface area (Å²) in [6, 6.07) is 7.79. The molecule has 3 fully saturated rings. The molecule has 4 atom stereocenters. The Hall–Kier alpha value is -2.64. The Morgan fingerprint density at radius 2 is 1.45 bits per heavy atom. The molecular formula is C26H37NO11. The number of rotatable bonds is 8. The SMILES string of the molecule is COC(=O)OC1OC2(CC(C)(C)N(OC(C)c3ccc(OCC4CO4)cc3)C(C)(C)C2)OC1OC(=O)OC. The van der Waals surface area contributed by atoms with Crippen LogP contribution in [-0.4, -0.2) is 80.4 Å². The first-order chi connectivity index (χ1) is 17.9. The highest BCUT2D eigenvalue weighted by atomic mass is 16.9. The first-order valence-corrected chi connectivity index (χ1v) is 12.5. The van der Waals surface area contributed by atoms with Crippen LogP contribution in [-0.2, 0) is 38.0 Å². The molecule has 3 saturated heterocycles. The molecule has 0 N–H and O–H groups in total. The number of nitrogens with zero attached hydrogens (tertiary/aromatic N) is 1. The zero-order valence-electron chi connectivity index (χ0n) is 22.9. The van der Waals surface area contributed by atoms with Gasteiger partial charge in [-0.25, -0.2) is 9.59 Å². The second-order valence-corrected chi connectivity index (χ2v) is 10.9. The van der Waals surface area contributed by atoms with Gasteiger partial charge in [0.1, 0.15) is 24.6 Å². The lowest BCUT2D eigenvalue weighted by Crippen LogP contribution is -2.65. The Morgan fingerprint density at radius 3 is 1.89 bits per heavy atom. The van der Waals surface area contributed by atoms with Crippen molar-refractivity contribution < 1.29 is 52.3 Å². The average molecular weight is 540 g/mol. The van der Waals surface area contributed by atoms with Crippen LogP contribution in [0.5, 0.6) is 5.75 Å². The lowest BCUT2D eigenvalue weighted by atomic mass is 9.78. The molecule has 38 heavy (non-hydrogen) atoms. The van der Waals surface area contributed by atoms with E-state index in [1.54, 1.807) is 0 Å². The molecule has 3 aliphatic rings. The van der Waals surface area contributed by atoms with Crippen molar-refractivity contribution >= 4 is 12.3 Å². The minimum atomic E-state index is -1.34. The molecule has 4 unspecified atom stereocenters. The van der Waals surface area contributed by atoms with Crippen LogP contribution < -0.4 is 4.74 Å². The summed E-state index contributed by atoms with van der Waals surface area (Å²) in [7, 11) is 2.33. The van der Waals surface area contributed by atoms with Gasteiger partial charge in [-0.15, -0.1) is 0 Å². The van der Waals surface area contributed by atoms with E-state index in [0.29, 0.717) is 19.4 Å². The number of methoxy groups -OCH3 is 2. The minimum Gasteiger partial charge on any atom is -0.491 e. The molecule has 3 heterocycles. The van der Waals surface area contributed by atoms with E-state index in [2.05, 4.69) is 9.47 Å². The van der Waals surface area contributed by atoms with E-state index in [0.717, 1.165) is 32.1 Å². The second kappa shape index (κ2) is 10.9. The molecule has 0 radical (unpaired) electrons. The standard InChI is InChI=1S/C26H37NO11/c1-16(17-8-10-18(11-9-17)32-12-19-13-33-19)38-27-24(2,3)14-26(15-25(27,4)5)36-20(34-22(28)30-6)21(37-26)35-23(29)31-7/h8-11,16,19-21H,12-15H2,1-7H3. The maximum atomic E-state index is 11.8. The van der Waals surface area contributed by atoms with Crippen LogP contribution >= 0.6 is 0 Å². The number of piperidine rings is 1. The van der Waals surface area contributed by atoms with E-state index < -0.39 is 41.8 Å². The van der Waals surface area contributed by atoms with E-state index in [1.165, 1.54) is 0 Å². The van der Waals surface area contributed by atoms with Gasteiger partial charge in [-0.1, -0.05) is 12.1 Å². The molecule has 0 amide bonds. The van der Waals surface area contributed by atoms with Crippen molar-refractivity contribution in [2.75, 3.05) is 27.4 Å². The number of benzene rings is 1. The third kappa shape index (κ3) is 6.49. The van der Waals surface area contributed by atoms with Gasteiger partial charge in [0.25, 0.3) is 12.6 Å². The largest absolute Gasteiger partial charge is 0.510 e. The molecule has 12 nitrogen and oxygen atoms in total. The van der Waals surface area contributed by atoms with Crippen molar-refractivity contribution in [2.24, 2.45) is 0 Å². The van der Waals surface area contributed by atoms with E-state index in [1.807, 2.05) is 63.9 Å². The number of hydrogen-bond acceptors (Lipinski definition) is 12. The number of hydrogen-bond donors (Lipinski definition) is 0. The zero-order valence-corrected chi connectivity index (χ0v) is 22.9. The van der Waals surface area contributed by atoms with E-state index in [-0.39, 0.29) is 12.2 Å². The van der Waals surface area contributed by atoms with Crippen molar-refractivity contribution in [3.63, 3.8) is 0 Å². The lowest BCUT2D eigenvalue weighted by Gasteiger charge is -2.56. The van der Waals surface area contributed by atoms with Gasteiger partial charge < -0.3 is 37.9 Å². The van der Waals surface area contributed by atoms with Crippen molar-refractivity contribution in [1.82, 2.24) is 5.06 Å². The molecular weight excluding hydrogens is 502 g/mol. The number of carbonyl (C=O) groups excluding carboxylic acids is 2. The minimum absolute atomic E-state index is 0.196. The number of ether oxygens (including phenoxy) is 8. The molecule has 1 aromatic carbocycles. The van der Waals surface area contributed by atoms with E-state index in [9.17, 15) is 9.59 Å². The summed E-state index contributed by atoms with van der Waals surface area (Å²) in [5.41, 5.74) is -0.239. The number of epoxide rings is 1. The topological polar surface area (TPSA) is 124 Å². The van der Waals surface area contributed by atoms with Crippen LogP contribution in [0, 0.1) is 0 Å². The predicted molar refractivity (Wildman–Crippen MR) is 130 cm³/mol. The van der Waals surface area contributed by atoms with Crippen molar-refractivity contribution in [3.05, 3.63) is 29.8 Å². The average Bonchev–Trinajstić information content (AvgIpc) is 3.63.